The third kappa shape index (κ3) is 3.46. The topological polar surface area (TPSA) is 55.9 Å². The number of carbonyl (C=O) groups excluding carboxylic acids is 2. The highest BCUT2D eigenvalue weighted by atomic mass is 16.2. The molecule has 29 heavy (non-hydrogen) atoms. The number of fused-ring (bicyclic) bond motifs is 3. The molecule has 2 aliphatic heterocycles. The van der Waals surface area contributed by atoms with E-state index in [2.05, 4.69) is 34.2 Å². The predicted octanol–water partition coefficient (Wildman–Crippen LogP) is 3.61. The third-order valence-electron chi connectivity index (χ3n) is 5.46. The van der Waals surface area contributed by atoms with Crippen molar-refractivity contribution in [2.24, 2.45) is 0 Å². The number of ketones is 1. The Morgan fingerprint density at radius 1 is 1.07 bits per heavy atom. The van der Waals surface area contributed by atoms with Crippen molar-refractivity contribution >= 4 is 34.4 Å². The monoisotopic (exact) mass is 390 g/mol. The molecule has 4 rings (SSSR count). The van der Waals surface area contributed by atoms with Crippen LogP contribution in [0.25, 0.3) is 0 Å². The Morgan fingerprint density at radius 2 is 1.76 bits per heavy atom. The van der Waals surface area contributed by atoms with Crippen LogP contribution >= 0.6 is 0 Å². The first-order chi connectivity index (χ1) is 14.0. The average Bonchev–Trinajstić information content (AvgIpc) is 3.04. The van der Waals surface area contributed by atoms with Crippen LogP contribution in [0.3, 0.4) is 0 Å². The van der Waals surface area contributed by atoms with Crippen molar-refractivity contribution < 1.29 is 9.59 Å². The minimum atomic E-state index is -0.174. The summed E-state index contributed by atoms with van der Waals surface area (Å²) in [5.41, 5.74) is 4.59. The number of nitrogens with one attached hydrogen (secondary N) is 1. The second-order valence-electron chi connectivity index (χ2n) is 7.53. The zero-order chi connectivity index (χ0) is 20.5. The fourth-order valence-electron chi connectivity index (χ4n) is 4.04. The van der Waals surface area contributed by atoms with Crippen LogP contribution < -0.4 is 20.0 Å². The van der Waals surface area contributed by atoms with Gasteiger partial charge in [-0.1, -0.05) is 12.1 Å². The lowest BCUT2D eigenvalue weighted by molar-refractivity contribution is -0.119. The summed E-state index contributed by atoms with van der Waals surface area (Å²) >= 11 is 0. The molecule has 0 aromatic heterocycles. The third-order valence-corrected chi connectivity index (χ3v) is 5.46. The van der Waals surface area contributed by atoms with E-state index in [0.717, 1.165) is 35.1 Å². The average molecular weight is 390 g/mol. The summed E-state index contributed by atoms with van der Waals surface area (Å²) in [4.78, 5) is 31.8. The molecule has 1 amide bonds. The van der Waals surface area contributed by atoms with Crippen LogP contribution in [-0.4, -0.2) is 38.9 Å². The van der Waals surface area contributed by atoms with Crippen LogP contribution in [0.5, 0.6) is 0 Å². The van der Waals surface area contributed by atoms with Gasteiger partial charge in [0.05, 0.1) is 17.8 Å². The van der Waals surface area contributed by atoms with E-state index in [1.54, 1.807) is 0 Å². The second kappa shape index (κ2) is 7.62. The van der Waals surface area contributed by atoms with Gasteiger partial charge in [0.15, 0.2) is 5.78 Å². The van der Waals surface area contributed by atoms with Crippen molar-refractivity contribution in [3.8, 4) is 0 Å². The van der Waals surface area contributed by atoms with Crippen molar-refractivity contribution in [2.75, 3.05) is 47.2 Å². The summed E-state index contributed by atoms with van der Waals surface area (Å²) in [6.07, 6.45) is 0.500. The molecular formula is C23H26N4O2. The van der Waals surface area contributed by atoms with E-state index < -0.39 is 0 Å². The fourth-order valence-corrected chi connectivity index (χ4v) is 4.04. The molecule has 0 saturated heterocycles. The predicted molar refractivity (Wildman–Crippen MR) is 117 cm³/mol. The SMILES string of the molecule is CCN1C2=C(CC(=O)Nc3ccc(N(C)C)cc3)C(=O)CCN2c2ccccc21. The van der Waals surface area contributed by atoms with Gasteiger partial charge in [-0.2, -0.15) is 0 Å². The van der Waals surface area contributed by atoms with Gasteiger partial charge in [0.25, 0.3) is 0 Å². The van der Waals surface area contributed by atoms with Crippen LogP contribution in [0, 0.1) is 0 Å². The van der Waals surface area contributed by atoms with Gasteiger partial charge in [0, 0.05) is 50.6 Å². The molecule has 150 valence electrons. The van der Waals surface area contributed by atoms with E-state index in [1.165, 1.54) is 0 Å². The smallest absolute Gasteiger partial charge is 0.229 e. The molecule has 6 heteroatoms. The maximum atomic E-state index is 12.8. The maximum Gasteiger partial charge on any atom is 0.229 e. The lowest BCUT2D eigenvalue weighted by Gasteiger charge is -2.31. The molecule has 0 fully saturated rings. The van der Waals surface area contributed by atoms with E-state index >= 15 is 0 Å². The van der Waals surface area contributed by atoms with Crippen molar-refractivity contribution in [1.29, 1.82) is 0 Å². The Balaban J connectivity index is 1.59. The highest BCUT2D eigenvalue weighted by Crippen LogP contribution is 2.44. The Labute approximate surface area is 171 Å². The highest BCUT2D eigenvalue weighted by Gasteiger charge is 2.38. The summed E-state index contributed by atoms with van der Waals surface area (Å²) in [7, 11) is 3.95. The van der Waals surface area contributed by atoms with Gasteiger partial charge in [0.2, 0.25) is 5.91 Å². The number of para-hydroxylation sites is 2. The fraction of sp³-hybridized carbons (Fsp3) is 0.304. The number of nitrogens with zero attached hydrogens (tertiary/aromatic N) is 3. The molecule has 2 aromatic carbocycles. The molecule has 2 heterocycles. The Morgan fingerprint density at radius 3 is 2.41 bits per heavy atom. The first-order valence-corrected chi connectivity index (χ1v) is 9.97. The normalized spacial score (nSPS) is 15.3. The second-order valence-corrected chi connectivity index (χ2v) is 7.53. The molecule has 0 atom stereocenters. The summed E-state index contributed by atoms with van der Waals surface area (Å²) in [6.45, 7) is 3.46. The van der Waals surface area contributed by atoms with E-state index in [1.807, 2.05) is 55.4 Å². The van der Waals surface area contributed by atoms with Crippen LogP contribution in [0.2, 0.25) is 0 Å². The highest BCUT2D eigenvalue weighted by molar-refractivity contribution is 6.07. The zero-order valence-electron chi connectivity index (χ0n) is 17.1. The number of amides is 1. The minimum Gasteiger partial charge on any atom is -0.378 e. The van der Waals surface area contributed by atoms with Crippen molar-refractivity contribution in [2.45, 2.75) is 19.8 Å². The van der Waals surface area contributed by atoms with Gasteiger partial charge in [-0.25, -0.2) is 0 Å². The van der Waals surface area contributed by atoms with Crippen molar-refractivity contribution in [3.05, 3.63) is 59.9 Å². The van der Waals surface area contributed by atoms with Crippen LogP contribution in [0.1, 0.15) is 19.8 Å². The molecule has 0 saturated carbocycles. The van der Waals surface area contributed by atoms with Gasteiger partial charge in [-0.3, -0.25) is 9.59 Å². The minimum absolute atomic E-state index is 0.0561. The van der Waals surface area contributed by atoms with E-state index in [0.29, 0.717) is 18.5 Å². The molecule has 0 radical (unpaired) electrons. The van der Waals surface area contributed by atoms with Crippen molar-refractivity contribution in [3.63, 3.8) is 0 Å². The summed E-state index contributed by atoms with van der Waals surface area (Å²) in [5, 5.41) is 2.93. The van der Waals surface area contributed by atoms with Crippen LogP contribution in [0.15, 0.2) is 59.9 Å². The molecule has 0 unspecified atom stereocenters. The summed E-state index contributed by atoms with van der Waals surface area (Å²) in [6, 6.07) is 15.8. The number of rotatable bonds is 5. The van der Waals surface area contributed by atoms with Gasteiger partial charge in [-0.15, -0.1) is 0 Å². The Hall–Kier alpha value is -3.28. The number of carbonyl (C=O) groups is 2. The maximum absolute atomic E-state index is 12.8. The molecule has 0 spiro atoms. The Kier molecular flexibility index (Phi) is 5.01. The molecule has 2 aliphatic rings. The number of benzene rings is 2. The van der Waals surface area contributed by atoms with Gasteiger partial charge < -0.3 is 20.0 Å². The summed E-state index contributed by atoms with van der Waals surface area (Å²) in [5.74, 6) is 0.746. The van der Waals surface area contributed by atoms with E-state index in [4.69, 9.17) is 0 Å². The number of hydrogen-bond acceptors (Lipinski definition) is 5. The molecular weight excluding hydrogens is 364 g/mol. The number of hydrogen-bond donors (Lipinski definition) is 1. The van der Waals surface area contributed by atoms with Gasteiger partial charge in [-0.05, 0) is 43.3 Å². The zero-order valence-corrected chi connectivity index (χ0v) is 17.1. The quantitative estimate of drug-likeness (QED) is 0.845. The lowest BCUT2D eigenvalue weighted by Crippen LogP contribution is -2.38. The molecule has 0 aliphatic carbocycles. The largest absolute Gasteiger partial charge is 0.378 e. The lowest BCUT2D eigenvalue weighted by atomic mass is 10.00. The standard InChI is InChI=1S/C23H26N4O2/c1-4-26-19-7-5-6-8-20(19)27-14-13-21(28)18(23(26)27)15-22(29)24-16-9-11-17(12-10-16)25(2)3/h5-12H,4,13-15H2,1-3H3,(H,24,29). The van der Waals surface area contributed by atoms with Gasteiger partial charge >= 0.3 is 0 Å². The molecule has 2 aromatic rings. The first kappa shape index (κ1) is 19.1. The van der Waals surface area contributed by atoms with Gasteiger partial charge in [0.1, 0.15) is 5.82 Å². The van der Waals surface area contributed by atoms with E-state index in [9.17, 15) is 9.59 Å². The molecule has 1 N–H and O–H groups in total. The van der Waals surface area contributed by atoms with Crippen LogP contribution in [-0.2, 0) is 9.59 Å². The van der Waals surface area contributed by atoms with Crippen molar-refractivity contribution in [1.82, 2.24) is 0 Å². The first-order valence-electron chi connectivity index (χ1n) is 9.97. The number of Topliss-reactive ketones (excluding diaryl/α,β-unsaturated/α-hetero) is 1. The Bertz CT molecular complexity index is 964. The summed E-state index contributed by atoms with van der Waals surface area (Å²) < 4.78 is 0. The molecule has 6 nitrogen and oxygen atoms in total. The number of anilines is 4. The van der Waals surface area contributed by atoms with E-state index in [-0.39, 0.29) is 18.1 Å². The van der Waals surface area contributed by atoms with Crippen LogP contribution in [0.4, 0.5) is 22.7 Å². The molecule has 0 bridgehead atoms.